The Kier molecular flexibility index (Phi) is 6.90. The molecule has 1 atom stereocenters. The molecule has 7 heteroatoms. The Hall–Kier alpha value is -2.83. The molecule has 3 rings (SSSR count). The van der Waals surface area contributed by atoms with Crippen LogP contribution in [0.25, 0.3) is 0 Å². The summed E-state index contributed by atoms with van der Waals surface area (Å²) >= 11 is 0. The van der Waals surface area contributed by atoms with Gasteiger partial charge in [0.2, 0.25) is 0 Å². The zero-order chi connectivity index (χ0) is 20.8. The summed E-state index contributed by atoms with van der Waals surface area (Å²) in [6, 6.07) is 8.25. The van der Waals surface area contributed by atoms with E-state index in [1.165, 1.54) is 18.9 Å². The number of urea groups is 1. The standard InChI is InChI=1S/C22H26F2N2O3/c1-14(16-8-9-18(23)19(24)12-16)26-22(27)25-13-15-7-10-20(28-2)21(11-15)29-17-5-3-4-6-17/h7-12,14,17H,3-6,13H2,1-2H3,(H2,25,26,27). The Morgan fingerprint density at radius 2 is 1.86 bits per heavy atom. The van der Waals surface area contributed by atoms with Crippen molar-refractivity contribution in [3.05, 3.63) is 59.2 Å². The largest absolute Gasteiger partial charge is 0.493 e. The fourth-order valence-electron chi connectivity index (χ4n) is 3.40. The van der Waals surface area contributed by atoms with Gasteiger partial charge in [0.05, 0.1) is 19.3 Å². The number of rotatable bonds is 7. The third-order valence-corrected chi connectivity index (χ3v) is 5.07. The van der Waals surface area contributed by atoms with E-state index in [2.05, 4.69) is 10.6 Å². The van der Waals surface area contributed by atoms with E-state index in [4.69, 9.17) is 9.47 Å². The molecule has 1 saturated carbocycles. The monoisotopic (exact) mass is 404 g/mol. The van der Waals surface area contributed by atoms with Crippen LogP contribution in [-0.4, -0.2) is 19.2 Å². The van der Waals surface area contributed by atoms with Gasteiger partial charge in [-0.05, 0) is 68.0 Å². The van der Waals surface area contributed by atoms with Crippen LogP contribution in [0.1, 0.15) is 49.8 Å². The summed E-state index contributed by atoms with van der Waals surface area (Å²) in [7, 11) is 1.60. The molecule has 2 N–H and O–H groups in total. The zero-order valence-corrected chi connectivity index (χ0v) is 16.6. The summed E-state index contributed by atoms with van der Waals surface area (Å²) in [6.45, 7) is 1.99. The van der Waals surface area contributed by atoms with Crippen LogP contribution in [0.4, 0.5) is 13.6 Å². The molecule has 5 nitrogen and oxygen atoms in total. The lowest BCUT2D eigenvalue weighted by atomic mass is 10.1. The fraction of sp³-hybridized carbons (Fsp3) is 0.409. The van der Waals surface area contributed by atoms with Crippen LogP contribution >= 0.6 is 0 Å². The molecule has 1 unspecified atom stereocenters. The molecule has 1 aliphatic rings. The van der Waals surface area contributed by atoms with Crippen molar-refractivity contribution in [2.45, 2.75) is 51.3 Å². The fourth-order valence-corrected chi connectivity index (χ4v) is 3.40. The van der Waals surface area contributed by atoms with Crippen LogP contribution in [0.2, 0.25) is 0 Å². The first kappa shape index (κ1) is 20.9. The molecule has 29 heavy (non-hydrogen) atoms. The van der Waals surface area contributed by atoms with Crippen molar-refractivity contribution in [1.82, 2.24) is 10.6 Å². The average Bonchev–Trinajstić information content (AvgIpc) is 3.21. The average molecular weight is 404 g/mol. The van der Waals surface area contributed by atoms with Crippen LogP contribution in [-0.2, 0) is 6.54 Å². The molecule has 1 aliphatic carbocycles. The van der Waals surface area contributed by atoms with E-state index < -0.39 is 23.7 Å². The highest BCUT2D eigenvalue weighted by Crippen LogP contribution is 2.32. The quantitative estimate of drug-likeness (QED) is 0.693. The summed E-state index contributed by atoms with van der Waals surface area (Å²) in [5, 5.41) is 5.48. The number of benzene rings is 2. The number of methoxy groups -OCH3 is 1. The Balaban J connectivity index is 1.56. The predicted octanol–water partition coefficient (Wildman–Crippen LogP) is 4.86. The van der Waals surface area contributed by atoms with Gasteiger partial charge in [0.15, 0.2) is 23.1 Å². The lowest BCUT2D eigenvalue weighted by Crippen LogP contribution is -2.36. The summed E-state index contributed by atoms with van der Waals surface area (Å²) in [6.07, 6.45) is 4.62. The number of ether oxygens (including phenoxy) is 2. The molecule has 156 valence electrons. The number of amides is 2. The van der Waals surface area contributed by atoms with Crippen molar-refractivity contribution in [1.29, 1.82) is 0 Å². The molecule has 0 aliphatic heterocycles. The Labute approximate surface area is 169 Å². The van der Waals surface area contributed by atoms with Gasteiger partial charge in [0, 0.05) is 6.54 Å². The van der Waals surface area contributed by atoms with Gasteiger partial charge in [-0.25, -0.2) is 13.6 Å². The van der Waals surface area contributed by atoms with Crippen molar-refractivity contribution in [2.75, 3.05) is 7.11 Å². The molecule has 0 spiro atoms. The first-order chi connectivity index (χ1) is 14.0. The molecule has 2 aromatic rings. The lowest BCUT2D eigenvalue weighted by Gasteiger charge is -2.18. The summed E-state index contributed by atoms with van der Waals surface area (Å²) in [5.41, 5.74) is 1.35. The van der Waals surface area contributed by atoms with Crippen LogP contribution < -0.4 is 20.1 Å². The van der Waals surface area contributed by atoms with Crippen molar-refractivity contribution < 1.29 is 23.0 Å². The van der Waals surface area contributed by atoms with E-state index in [0.717, 1.165) is 30.5 Å². The van der Waals surface area contributed by atoms with Crippen molar-refractivity contribution in [2.24, 2.45) is 0 Å². The summed E-state index contributed by atoms with van der Waals surface area (Å²) < 4.78 is 37.9. The van der Waals surface area contributed by atoms with Gasteiger partial charge in [-0.3, -0.25) is 0 Å². The Morgan fingerprint density at radius 1 is 1.10 bits per heavy atom. The lowest BCUT2D eigenvalue weighted by molar-refractivity contribution is 0.200. The number of hydrogen-bond acceptors (Lipinski definition) is 3. The van der Waals surface area contributed by atoms with Crippen molar-refractivity contribution in [3.8, 4) is 11.5 Å². The topological polar surface area (TPSA) is 59.6 Å². The molecule has 0 heterocycles. The van der Waals surface area contributed by atoms with E-state index >= 15 is 0 Å². The first-order valence-corrected chi connectivity index (χ1v) is 9.79. The highest BCUT2D eigenvalue weighted by Gasteiger charge is 2.19. The number of carbonyl (C=O) groups is 1. The highest BCUT2D eigenvalue weighted by atomic mass is 19.2. The van der Waals surface area contributed by atoms with Gasteiger partial charge in [-0.15, -0.1) is 0 Å². The molecule has 1 fully saturated rings. The van der Waals surface area contributed by atoms with E-state index in [1.54, 1.807) is 14.0 Å². The van der Waals surface area contributed by atoms with Crippen LogP contribution in [0.5, 0.6) is 11.5 Å². The molecule has 2 amide bonds. The molecule has 0 radical (unpaired) electrons. The molecule has 0 aromatic heterocycles. The SMILES string of the molecule is COc1ccc(CNC(=O)NC(C)c2ccc(F)c(F)c2)cc1OC1CCCC1. The van der Waals surface area contributed by atoms with E-state index in [1.807, 2.05) is 18.2 Å². The zero-order valence-electron chi connectivity index (χ0n) is 16.6. The third kappa shape index (κ3) is 5.59. The second-order valence-electron chi connectivity index (χ2n) is 7.23. The maximum Gasteiger partial charge on any atom is 0.315 e. The smallest absolute Gasteiger partial charge is 0.315 e. The number of carbonyl (C=O) groups excluding carboxylic acids is 1. The maximum absolute atomic E-state index is 13.4. The molecule has 2 aromatic carbocycles. The second kappa shape index (κ2) is 9.58. The van der Waals surface area contributed by atoms with Gasteiger partial charge >= 0.3 is 6.03 Å². The maximum atomic E-state index is 13.4. The van der Waals surface area contributed by atoms with Crippen LogP contribution in [0, 0.1) is 11.6 Å². The minimum Gasteiger partial charge on any atom is -0.493 e. The molecule has 0 bridgehead atoms. The minimum atomic E-state index is -0.940. The Morgan fingerprint density at radius 3 is 2.55 bits per heavy atom. The van der Waals surface area contributed by atoms with Gasteiger partial charge in [0.25, 0.3) is 0 Å². The third-order valence-electron chi connectivity index (χ3n) is 5.07. The van der Waals surface area contributed by atoms with Crippen LogP contribution in [0.15, 0.2) is 36.4 Å². The molecular formula is C22H26F2N2O3. The van der Waals surface area contributed by atoms with Gasteiger partial charge in [0.1, 0.15) is 0 Å². The minimum absolute atomic E-state index is 0.201. The van der Waals surface area contributed by atoms with E-state index in [-0.39, 0.29) is 6.10 Å². The predicted molar refractivity (Wildman–Crippen MR) is 106 cm³/mol. The number of halogens is 2. The number of nitrogens with one attached hydrogen (secondary N) is 2. The summed E-state index contributed by atoms with van der Waals surface area (Å²) in [4.78, 5) is 12.2. The highest BCUT2D eigenvalue weighted by molar-refractivity contribution is 5.74. The van der Waals surface area contributed by atoms with Gasteiger partial charge < -0.3 is 20.1 Å². The normalized spacial score (nSPS) is 15.0. The Bertz CT molecular complexity index is 854. The first-order valence-electron chi connectivity index (χ1n) is 9.79. The van der Waals surface area contributed by atoms with Crippen molar-refractivity contribution >= 4 is 6.03 Å². The summed E-state index contributed by atoms with van der Waals surface area (Å²) in [5.74, 6) is -0.517. The molecular weight excluding hydrogens is 378 g/mol. The number of hydrogen-bond donors (Lipinski definition) is 2. The van der Waals surface area contributed by atoms with Crippen molar-refractivity contribution in [3.63, 3.8) is 0 Å². The van der Waals surface area contributed by atoms with Crippen LogP contribution in [0.3, 0.4) is 0 Å². The van der Waals surface area contributed by atoms with E-state index in [9.17, 15) is 13.6 Å². The molecule has 0 saturated heterocycles. The second-order valence-corrected chi connectivity index (χ2v) is 7.23. The van der Waals surface area contributed by atoms with E-state index in [0.29, 0.717) is 23.6 Å². The van der Waals surface area contributed by atoms with Gasteiger partial charge in [-0.2, -0.15) is 0 Å². The van der Waals surface area contributed by atoms with Gasteiger partial charge in [-0.1, -0.05) is 12.1 Å².